The van der Waals surface area contributed by atoms with Crippen LogP contribution in [0, 0.1) is 6.92 Å². The van der Waals surface area contributed by atoms with Crippen LogP contribution in [0.15, 0.2) is 40.0 Å². The summed E-state index contributed by atoms with van der Waals surface area (Å²) in [5.74, 6) is 1.89. The fraction of sp³-hybridized carbons (Fsp3) is 0.182. The van der Waals surface area contributed by atoms with Gasteiger partial charge in [0.2, 0.25) is 0 Å². The molecule has 2 aromatic rings. The molecular formula is C11H11NO2S. The summed E-state index contributed by atoms with van der Waals surface area (Å²) in [5, 5.41) is 9.28. The van der Waals surface area contributed by atoms with E-state index < -0.39 is 0 Å². The van der Waals surface area contributed by atoms with Gasteiger partial charge in [0.05, 0.1) is 5.69 Å². The minimum Gasteiger partial charge on any atom is -0.508 e. The lowest BCUT2D eigenvalue weighted by Crippen LogP contribution is -1.83. The Morgan fingerprint density at radius 2 is 2.33 bits per heavy atom. The van der Waals surface area contributed by atoms with Gasteiger partial charge in [-0.15, -0.1) is 11.8 Å². The average molecular weight is 221 g/mol. The van der Waals surface area contributed by atoms with Crippen LogP contribution in [0.25, 0.3) is 0 Å². The van der Waals surface area contributed by atoms with Crippen molar-refractivity contribution in [1.82, 2.24) is 4.98 Å². The van der Waals surface area contributed by atoms with Crippen LogP contribution >= 0.6 is 11.8 Å². The van der Waals surface area contributed by atoms with Crippen LogP contribution in [0.1, 0.15) is 11.5 Å². The molecule has 0 radical (unpaired) electrons. The summed E-state index contributed by atoms with van der Waals surface area (Å²) < 4.78 is 5.10. The molecule has 2 rings (SSSR count). The van der Waals surface area contributed by atoms with Crippen molar-refractivity contribution in [3.63, 3.8) is 0 Å². The van der Waals surface area contributed by atoms with Crippen molar-refractivity contribution in [3.8, 4) is 5.75 Å². The van der Waals surface area contributed by atoms with Crippen LogP contribution in [0.2, 0.25) is 0 Å². The Morgan fingerprint density at radius 3 is 3.00 bits per heavy atom. The molecule has 4 heteroatoms. The van der Waals surface area contributed by atoms with Gasteiger partial charge in [0.1, 0.15) is 11.5 Å². The van der Waals surface area contributed by atoms with Gasteiger partial charge >= 0.3 is 0 Å². The number of nitrogens with zero attached hydrogens (tertiary/aromatic N) is 1. The van der Waals surface area contributed by atoms with E-state index >= 15 is 0 Å². The third-order valence-corrected chi connectivity index (χ3v) is 3.04. The first-order valence-corrected chi connectivity index (χ1v) is 5.55. The Labute approximate surface area is 92.1 Å². The second-order valence-corrected chi connectivity index (χ2v) is 4.19. The van der Waals surface area contributed by atoms with Crippen LogP contribution in [-0.4, -0.2) is 10.1 Å². The van der Waals surface area contributed by atoms with Gasteiger partial charge < -0.3 is 9.52 Å². The molecule has 0 unspecified atom stereocenters. The first kappa shape index (κ1) is 10.1. The second-order valence-electron chi connectivity index (χ2n) is 3.14. The van der Waals surface area contributed by atoms with Crippen molar-refractivity contribution in [3.05, 3.63) is 42.1 Å². The van der Waals surface area contributed by atoms with Gasteiger partial charge in [0.15, 0.2) is 6.39 Å². The number of oxazole rings is 1. The predicted octanol–water partition coefficient (Wildman–Crippen LogP) is 2.98. The van der Waals surface area contributed by atoms with Crippen LogP contribution in [0.4, 0.5) is 0 Å². The number of hydrogen-bond donors (Lipinski definition) is 1. The number of aryl methyl sites for hydroxylation is 1. The number of phenols is 1. The molecule has 0 saturated carbocycles. The molecule has 0 aliphatic heterocycles. The fourth-order valence-corrected chi connectivity index (χ4v) is 2.15. The zero-order valence-corrected chi connectivity index (χ0v) is 9.12. The van der Waals surface area contributed by atoms with E-state index in [-0.39, 0.29) is 5.75 Å². The Kier molecular flexibility index (Phi) is 2.97. The molecule has 0 bridgehead atoms. The van der Waals surface area contributed by atoms with E-state index in [1.165, 1.54) is 6.39 Å². The molecule has 0 spiro atoms. The molecule has 0 amide bonds. The van der Waals surface area contributed by atoms with Crippen LogP contribution < -0.4 is 0 Å². The summed E-state index contributed by atoms with van der Waals surface area (Å²) in [6, 6.07) is 7.18. The largest absolute Gasteiger partial charge is 0.508 e. The number of aromatic hydroxyl groups is 1. The topological polar surface area (TPSA) is 46.3 Å². The fourth-order valence-electron chi connectivity index (χ4n) is 1.19. The molecule has 3 nitrogen and oxygen atoms in total. The lowest BCUT2D eigenvalue weighted by molar-refractivity contribution is 0.474. The average Bonchev–Trinajstić information content (AvgIpc) is 2.61. The SMILES string of the molecule is Cc1ocnc1CSc1cccc(O)c1. The third-order valence-electron chi connectivity index (χ3n) is 2.04. The van der Waals surface area contributed by atoms with E-state index in [2.05, 4.69) is 4.98 Å². The summed E-state index contributed by atoms with van der Waals surface area (Å²) in [6.07, 6.45) is 1.45. The highest BCUT2D eigenvalue weighted by atomic mass is 32.2. The Hall–Kier alpha value is -1.42. The van der Waals surface area contributed by atoms with Gasteiger partial charge in [-0.05, 0) is 25.1 Å². The first-order valence-electron chi connectivity index (χ1n) is 4.56. The van der Waals surface area contributed by atoms with Crippen LogP contribution in [-0.2, 0) is 5.75 Å². The van der Waals surface area contributed by atoms with Crippen LogP contribution in [0.3, 0.4) is 0 Å². The third kappa shape index (κ3) is 2.53. The molecule has 78 valence electrons. The summed E-state index contributed by atoms with van der Waals surface area (Å²) in [6.45, 7) is 1.89. The molecular weight excluding hydrogens is 210 g/mol. The zero-order chi connectivity index (χ0) is 10.7. The smallest absolute Gasteiger partial charge is 0.181 e. The molecule has 1 aromatic heterocycles. The van der Waals surface area contributed by atoms with E-state index in [1.54, 1.807) is 23.9 Å². The Balaban J connectivity index is 2.02. The van der Waals surface area contributed by atoms with Crippen molar-refractivity contribution in [2.75, 3.05) is 0 Å². The van der Waals surface area contributed by atoms with E-state index in [0.717, 1.165) is 22.1 Å². The van der Waals surface area contributed by atoms with Crippen molar-refractivity contribution in [1.29, 1.82) is 0 Å². The number of hydrogen-bond acceptors (Lipinski definition) is 4. The van der Waals surface area contributed by atoms with Crippen LogP contribution in [0.5, 0.6) is 5.75 Å². The molecule has 0 fully saturated rings. The van der Waals surface area contributed by atoms with Gasteiger partial charge in [0, 0.05) is 10.6 Å². The molecule has 0 saturated heterocycles. The minimum atomic E-state index is 0.289. The number of rotatable bonds is 3. The van der Waals surface area contributed by atoms with Crippen molar-refractivity contribution in [2.24, 2.45) is 0 Å². The summed E-state index contributed by atoms with van der Waals surface area (Å²) in [4.78, 5) is 5.13. The summed E-state index contributed by atoms with van der Waals surface area (Å²) in [5.41, 5.74) is 0.948. The Morgan fingerprint density at radius 1 is 1.47 bits per heavy atom. The maximum atomic E-state index is 9.28. The lowest BCUT2D eigenvalue weighted by atomic mass is 10.3. The van der Waals surface area contributed by atoms with Crippen molar-refractivity contribution < 1.29 is 9.52 Å². The molecule has 0 aliphatic rings. The van der Waals surface area contributed by atoms with Gasteiger partial charge in [-0.3, -0.25) is 0 Å². The van der Waals surface area contributed by atoms with E-state index in [1.807, 2.05) is 19.1 Å². The standard InChI is InChI=1S/C11H11NO2S/c1-8-11(12-7-14-8)6-15-10-4-2-3-9(13)5-10/h2-5,7,13H,6H2,1H3. The van der Waals surface area contributed by atoms with Gasteiger partial charge in [-0.25, -0.2) is 4.98 Å². The van der Waals surface area contributed by atoms with Gasteiger partial charge in [-0.1, -0.05) is 6.07 Å². The van der Waals surface area contributed by atoms with Gasteiger partial charge in [0.25, 0.3) is 0 Å². The monoisotopic (exact) mass is 221 g/mol. The highest BCUT2D eigenvalue weighted by molar-refractivity contribution is 7.98. The molecule has 0 atom stereocenters. The highest BCUT2D eigenvalue weighted by Crippen LogP contribution is 2.25. The maximum Gasteiger partial charge on any atom is 0.181 e. The molecule has 1 N–H and O–H groups in total. The minimum absolute atomic E-state index is 0.289. The number of phenolic OH excluding ortho intramolecular Hbond substituents is 1. The maximum absolute atomic E-state index is 9.28. The number of thioether (sulfide) groups is 1. The summed E-state index contributed by atoms with van der Waals surface area (Å²) in [7, 11) is 0. The quantitative estimate of drug-likeness (QED) is 0.809. The van der Waals surface area contributed by atoms with Crippen molar-refractivity contribution in [2.45, 2.75) is 17.6 Å². The lowest BCUT2D eigenvalue weighted by Gasteiger charge is -2.00. The van der Waals surface area contributed by atoms with Gasteiger partial charge in [-0.2, -0.15) is 0 Å². The van der Waals surface area contributed by atoms with E-state index in [4.69, 9.17) is 4.42 Å². The molecule has 1 heterocycles. The predicted molar refractivity (Wildman–Crippen MR) is 58.9 cm³/mol. The van der Waals surface area contributed by atoms with Crippen molar-refractivity contribution >= 4 is 11.8 Å². The van der Waals surface area contributed by atoms with E-state index in [9.17, 15) is 5.11 Å². The zero-order valence-electron chi connectivity index (χ0n) is 8.30. The highest BCUT2D eigenvalue weighted by Gasteiger charge is 2.04. The van der Waals surface area contributed by atoms with E-state index in [0.29, 0.717) is 0 Å². The number of aromatic nitrogens is 1. The molecule has 15 heavy (non-hydrogen) atoms. The molecule has 0 aliphatic carbocycles. The number of benzene rings is 1. The first-order chi connectivity index (χ1) is 7.25. The Bertz CT molecular complexity index is 453. The second kappa shape index (κ2) is 4.40. The summed E-state index contributed by atoms with van der Waals surface area (Å²) >= 11 is 1.62. The normalized spacial score (nSPS) is 10.5. The molecule has 1 aromatic carbocycles.